The minimum atomic E-state index is -0.391. The number of hydrogen-bond acceptors (Lipinski definition) is 2. The van der Waals surface area contributed by atoms with Crippen molar-refractivity contribution in [1.82, 2.24) is 9.78 Å². The highest BCUT2D eigenvalue weighted by Crippen LogP contribution is 2.12. The number of halogens is 1. The van der Waals surface area contributed by atoms with Crippen LogP contribution in [-0.4, -0.2) is 14.8 Å². The third-order valence-electron chi connectivity index (χ3n) is 2.41. The average Bonchev–Trinajstić information content (AvgIpc) is 2.66. The Kier molecular flexibility index (Phi) is 3.19. The number of aromatic nitrogens is 2. The quantitative estimate of drug-likeness (QED) is 0.846. The fraction of sp³-hybridized carbons (Fsp3) is 0.167. The standard InChI is InChI=1S/C12H12FN3S/c1-8-4-5-16(15-8)7-9-2-3-11(13)10(6-9)12(14)17/h2-6H,7H2,1H3,(H2,14,17). The molecule has 0 aliphatic heterocycles. The summed E-state index contributed by atoms with van der Waals surface area (Å²) in [4.78, 5) is 0.0704. The van der Waals surface area contributed by atoms with Gasteiger partial charge in [-0.25, -0.2) is 4.39 Å². The van der Waals surface area contributed by atoms with E-state index in [9.17, 15) is 4.39 Å². The molecule has 0 unspecified atom stereocenters. The molecule has 1 aromatic heterocycles. The third kappa shape index (κ3) is 2.68. The number of aryl methyl sites for hydroxylation is 1. The lowest BCUT2D eigenvalue weighted by Gasteiger charge is -2.06. The van der Waals surface area contributed by atoms with Crippen LogP contribution in [0.25, 0.3) is 0 Å². The fourth-order valence-corrected chi connectivity index (χ4v) is 1.75. The van der Waals surface area contributed by atoms with Crippen LogP contribution in [0.5, 0.6) is 0 Å². The van der Waals surface area contributed by atoms with Gasteiger partial charge in [-0.1, -0.05) is 18.3 Å². The Morgan fingerprint density at radius 2 is 2.24 bits per heavy atom. The Bertz CT molecular complexity index is 563. The van der Waals surface area contributed by atoms with Gasteiger partial charge >= 0.3 is 0 Å². The third-order valence-corrected chi connectivity index (χ3v) is 2.63. The summed E-state index contributed by atoms with van der Waals surface area (Å²) < 4.78 is 15.2. The van der Waals surface area contributed by atoms with Crippen LogP contribution in [0.4, 0.5) is 4.39 Å². The van der Waals surface area contributed by atoms with Crippen molar-refractivity contribution in [3.63, 3.8) is 0 Å². The van der Waals surface area contributed by atoms with Crippen molar-refractivity contribution in [2.24, 2.45) is 5.73 Å². The normalized spacial score (nSPS) is 10.5. The lowest BCUT2D eigenvalue weighted by molar-refractivity contribution is 0.621. The Labute approximate surface area is 104 Å². The highest BCUT2D eigenvalue weighted by atomic mass is 32.1. The minimum Gasteiger partial charge on any atom is -0.389 e. The van der Waals surface area contributed by atoms with E-state index < -0.39 is 5.82 Å². The summed E-state index contributed by atoms with van der Waals surface area (Å²) in [6, 6.07) is 6.65. The molecule has 1 aromatic carbocycles. The van der Waals surface area contributed by atoms with Crippen LogP contribution in [0.2, 0.25) is 0 Å². The summed E-state index contributed by atoms with van der Waals surface area (Å²) in [6.45, 7) is 2.49. The lowest BCUT2D eigenvalue weighted by Crippen LogP contribution is -2.12. The highest BCUT2D eigenvalue weighted by Gasteiger charge is 2.06. The molecule has 2 N–H and O–H groups in total. The van der Waals surface area contributed by atoms with Crippen LogP contribution in [0.15, 0.2) is 30.5 Å². The Balaban J connectivity index is 2.28. The molecule has 0 saturated heterocycles. The summed E-state index contributed by atoms with van der Waals surface area (Å²) in [5.41, 5.74) is 7.59. The number of benzene rings is 1. The van der Waals surface area contributed by atoms with Crippen LogP contribution in [-0.2, 0) is 6.54 Å². The lowest BCUT2D eigenvalue weighted by atomic mass is 10.1. The molecular weight excluding hydrogens is 237 g/mol. The smallest absolute Gasteiger partial charge is 0.133 e. The summed E-state index contributed by atoms with van der Waals surface area (Å²) in [7, 11) is 0. The van der Waals surface area contributed by atoms with Gasteiger partial charge in [0.2, 0.25) is 0 Å². The molecule has 2 rings (SSSR count). The van der Waals surface area contributed by atoms with E-state index in [1.165, 1.54) is 6.07 Å². The van der Waals surface area contributed by atoms with Gasteiger partial charge in [-0.2, -0.15) is 5.10 Å². The molecule has 2 aromatic rings. The molecule has 0 amide bonds. The first kappa shape index (κ1) is 11.7. The second-order valence-corrected chi connectivity index (χ2v) is 4.27. The van der Waals surface area contributed by atoms with E-state index >= 15 is 0 Å². The van der Waals surface area contributed by atoms with Gasteiger partial charge in [-0.05, 0) is 30.7 Å². The van der Waals surface area contributed by atoms with Crippen molar-refractivity contribution in [2.45, 2.75) is 13.5 Å². The number of thiocarbonyl (C=S) groups is 1. The van der Waals surface area contributed by atoms with E-state index in [1.807, 2.05) is 19.2 Å². The fourth-order valence-electron chi connectivity index (χ4n) is 1.60. The zero-order valence-corrected chi connectivity index (χ0v) is 10.2. The highest BCUT2D eigenvalue weighted by molar-refractivity contribution is 7.80. The first-order chi connectivity index (χ1) is 8.06. The molecule has 0 fully saturated rings. The van der Waals surface area contributed by atoms with Gasteiger partial charge in [0.15, 0.2) is 0 Å². The van der Waals surface area contributed by atoms with Crippen molar-refractivity contribution in [1.29, 1.82) is 0 Å². The van der Waals surface area contributed by atoms with Gasteiger partial charge < -0.3 is 5.73 Å². The Morgan fingerprint density at radius 1 is 1.47 bits per heavy atom. The molecule has 17 heavy (non-hydrogen) atoms. The number of nitrogens with zero attached hydrogens (tertiary/aromatic N) is 2. The van der Waals surface area contributed by atoms with Crippen LogP contribution in [0.1, 0.15) is 16.8 Å². The van der Waals surface area contributed by atoms with Crippen LogP contribution >= 0.6 is 12.2 Å². The van der Waals surface area contributed by atoms with Crippen LogP contribution in [0.3, 0.4) is 0 Å². The summed E-state index contributed by atoms with van der Waals surface area (Å²) in [6.07, 6.45) is 1.87. The van der Waals surface area contributed by atoms with E-state index in [4.69, 9.17) is 18.0 Å². The second-order valence-electron chi connectivity index (χ2n) is 3.83. The zero-order chi connectivity index (χ0) is 12.4. The molecule has 0 aliphatic rings. The van der Waals surface area contributed by atoms with E-state index in [2.05, 4.69) is 5.10 Å². The van der Waals surface area contributed by atoms with Crippen LogP contribution < -0.4 is 5.73 Å². The Hall–Kier alpha value is -1.75. The molecule has 0 aliphatic carbocycles. The average molecular weight is 249 g/mol. The zero-order valence-electron chi connectivity index (χ0n) is 9.35. The predicted octanol–water partition coefficient (Wildman–Crippen LogP) is 2.01. The van der Waals surface area contributed by atoms with E-state index in [-0.39, 0.29) is 10.6 Å². The SMILES string of the molecule is Cc1ccn(Cc2ccc(F)c(C(N)=S)c2)n1. The first-order valence-electron chi connectivity index (χ1n) is 5.14. The predicted molar refractivity (Wildman–Crippen MR) is 68.4 cm³/mol. The van der Waals surface area contributed by atoms with Gasteiger partial charge in [0, 0.05) is 11.8 Å². The van der Waals surface area contributed by atoms with E-state index in [1.54, 1.807) is 16.8 Å². The van der Waals surface area contributed by atoms with Gasteiger partial charge in [0.05, 0.1) is 12.2 Å². The topological polar surface area (TPSA) is 43.8 Å². The molecule has 0 radical (unpaired) electrons. The first-order valence-corrected chi connectivity index (χ1v) is 5.55. The van der Waals surface area contributed by atoms with Crippen molar-refractivity contribution >= 4 is 17.2 Å². The minimum absolute atomic E-state index is 0.0704. The molecule has 5 heteroatoms. The monoisotopic (exact) mass is 249 g/mol. The van der Waals surface area contributed by atoms with Crippen LogP contribution in [0, 0.1) is 12.7 Å². The van der Waals surface area contributed by atoms with Gasteiger partial charge in [0.1, 0.15) is 10.8 Å². The van der Waals surface area contributed by atoms with Gasteiger partial charge in [0.25, 0.3) is 0 Å². The summed E-state index contributed by atoms with van der Waals surface area (Å²) >= 11 is 4.79. The summed E-state index contributed by atoms with van der Waals surface area (Å²) in [5.74, 6) is -0.391. The van der Waals surface area contributed by atoms with Gasteiger partial charge in [-0.15, -0.1) is 0 Å². The molecule has 1 heterocycles. The van der Waals surface area contributed by atoms with Crippen molar-refractivity contribution in [3.05, 3.63) is 53.1 Å². The molecule has 0 atom stereocenters. The molecule has 3 nitrogen and oxygen atoms in total. The number of hydrogen-bond donors (Lipinski definition) is 1. The van der Waals surface area contributed by atoms with E-state index in [0.717, 1.165) is 11.3 Å². The largest absolute Gasteiger partial charge is 0.389 e. The molecule has 0 saturated carbocycles. The molecule has 0 bridgehead atoms. The molecular formula is C12H12FN3S. The number of rotatable bonds is 3. The van der Waals surface area contributed by atoms with Crippen molar-refractivity contribution in [3.8, 4) is 0 Å². The Morgan fingerprint density at radius 3 is 2.82 bits per heavy atom. The van der Waals surface area contributed by atoms with Gasteiger partial charge in [-0.3, -0.25) is 4.68 Å². The summed E-state index contributed by atoms with van der Waals surface area (Å²) in [5, 5.41) is 4.26. The van der Waals surface area contributed by atoms with Crippen molar-refractivity contribution in [2.75, 3.05) is 0 Å². The maximum Gasteiger partial charge on any atom is 0.133 e. The maximum atomic E-state index is 13.4. The molecule has 88 valence electrons. The van der Waals surface area contributed by atoms with E-state index in [0.29, 0.717) is 6.54 Å². The number of nitrogens with two attached hydrogens (primary N) is 1. The molecule has 0 spiro atoms. The maximum absolute atomic E-state index is 13.4. The second kappa shape index (κ2) is 4.63. The van der Waals surface area contributed by atoms with Crippen molar-refractivity contribution < 1.29 is 4.39 Å².